The lowest BCUT2D eigenvalue weighted by Crippen LogP contribution is -2.32. The van der Waals surface area contributed by atoms with E-state index in [4.69, 9.17) is 0 Å². The van der Waals surface area contributed by atoms with Gasteiger partial charge in [-0.3, -0.25) is 9.78 Å². The highest BCUT2D eigenvalue weighted by Crippen LogP contribution is 2.23. The molecule has 7 heteroatoms. The van der Waals surface area contributed by atoms with Crippen molar-refractivity contribution in [2.24, 2.45) is 5.92 Å². The number of carbonyl (C=O) groups excluding carboxylic acids is 1. The first-order valence-electron chi connectivity index (χ1n) is 7.08. The minimum absolute atomic E-state index is 0.00336. The molecule has 0 saturated heterocycles. The lowest BCUT2D eigenvalue weighted by molar-refractivity contribution is 0.0940. The molecule has 0 bridgehead atoms. The standard InChI is InChI=1S/C15H20N4O2S/c1-10-13(15(16-2)22-19-10)14(21)18-8-11(9-20)7-12-5-3-4-6-17-12/h3-6,11,16,20H,7-9H2,1-2H3,(H,18,21). The molecule has 6 nitrogen and oxygen atoms in total. The van der Waals surface area contributed by atoms with Crippen LogP contribution in [0.1, 0.15) is 21.7 Å². The van der Waals surface area contributed by atoms with Gasteiger partial charge in [0.05, 0.1) is 11.3 Å². The van der Waals surface area contributed by atoms with Gasteiger partial charge in [0.15, 0.2) is 0 Å². The molecule has 0 fully saturated rings. The number of amides is 1. The molecule has 1 amide bonds. The average Bonchev–Trinajstić information content (AvgIpc) is 2.93. The normalized spacial score (nSPS) is 12.0. The topological polar surface area (TPSA) is 87.1 Å². The molecule has 0 aliphatic rings. The Morgan fingerprint density at radius 2 is 2.27 bits per heavy atom. The van der Waals surface area contributed by atoms with E-state index in [0.717, 1.165) is 10.7 Å². The van der Waals surface area contributed by atoms with E-state index >= 15 is 0 Å². The van der Waals surface area contributed by atoms with E-state index in [-0.39, 0.29) is 18.4 Å². The van der Waals surface area contributed by atoms with Crippen molar-refractivity contribution in [2.45, 2.75) is 13.3 Å². The van der Waals surface area contributed by atoms with Crippen molar-refractivity contribution < 1.29 is 9.90 Å². The van der Waals surface area contributed by atoms with Crippen molar-refractivity contribution in [1.29, 1.82) is 0 Å². The second kappa shape index (κ2) is 7.86. The summed E-state index contributed by atoms with van der Waals surface area (Å²) in [6, 6.07) is 5.68. The van der Waals surface area contributed by atoms with Crippen LogP contribution in [0.25, 0.3) is 0 Å². The number of nitrogens with zero attached hydrogens (tertiary/aromatic N) is 2. The molecule has 0 radical (unpaired) electrons. The maximum atomic E-state index is 12.3. The highest BCUT2D eigenvalue weighted by Gasteiger charge is 2.19. The number of anilines is 1. The summed E-state index contributed by atoms with van der Waals surface area (Å²) in [5.41, 5.74) is 2.18. The Morgan fingerprint density at radius 3 is 2.91 bits per heavy atom. The van der Waals surface area contributed by atoms with Crippen LogP contribution in [0.3, 0.4) is 0 Å². The Morgan fingerprint density at radius 1 is 1.45 bits per heavy atom. The fourth-order valence-corrected chi connectivity index (χ4v) is 2.89. The summed E-state index contributed by atoms with van der Waals surface area (Å²) in [6.07, 6.45) is 2.35. The minimum atomic E-state index is -0.171. The summed E-state index contributed by atoms with van der Waals surface area (Å²) >= 11 is 1.27. The smallest absolute Gasteiger partial charge is 0.256 e. The van der Waals surface area contributed by atoms with Gasteiger partial charge in [-0.05, 0) is 37.0 Å². The lowest BCUT2D eigenvalue weighted by atomic mass is 10.0. The summed E-state index contributed by atoms with van der Waals surface area (Å²) in [7, 11) is 1.77. The van der Waals surface area contributed by atoms with Crippen molar-refractivity contribution >= 4 is 22.4 Å². The van der Waals surface area contributed by atoms with Gasteiger partial charge >= 0.3 is 0 Å². The molecule has 22 heavy (non-hydrogen) atoms. The zero-order valence-electron chi connectivity index (χ0n) is 12.7. The van der Waals surface area contributed by atoms with Gasteiger partial charge in [-0.1, -0.05) is 6.07 Å². The van der Waals surface area contributed by atoms with Crippen molar-refractivity contribution in [3.63, 3.8) is 0 Å². The van der Waals surface area contributed by atoms with Crippen LogP contribution in [0.2, 0.25) is 0 Å². The third kappa shape index (κ3) is 4.02. The second-order valence-electron chi connectivity index (χ2n) is 5.01. The van der Waals surface area contributed by atoms with Crippen LogP contribution < -0.4 is 10.6 Å². The number of hydrogen-bond donors (Lipinski definition) is 3. The zero-order chi connectivity index (χ0) is 15.9. The van der Waals surface area contributed by atoms with Crippen LogP contribution in [0.15, 0.2) is 24.4 Å². The van der Waals surface area contributed by atoms with Crippen molar-refractivity contribution in [3.05, 3.63) is 41.3 Å². The lowest BCUT2D eigenvalue weighted by Gasteiger charge is -2.15. The molecule has 2 rings (SSSR count). The first kappa shape index (κ1) is 16.4. The average molecular weight is 320 g/mol. The summed E-state index contributed by atoms with van der Waals surface area (Å²) in [5.74, 6) is -0.237. The van der Waals surface area contributed by atoms with E-state index in [1.165, 1.54) is 11.5 Å². The molecule has 0 aliphatic carbocycles. The van der Waals surface area contributed by atoms with Crippen LogP contribution in [-0.4, -0.2) is 40.6 Å². The number of pyridine rings is 1. The zero-order valence-corrected chi connectivity index (χ0v) is 13.5. The summed E-state index contributed by atoms with van der Waals surface area (Å²) in [4.78, 5) is 16.5. The van der Waals surface area contributed by atoms with Gasteiger partial charge < -0.3 is 15.7 Å². The molecule has 1 atom stereocenters. The maximum absolute atomic E-state index is 12.3. The van der Waals surface area contributed by atoms with E-state index in [9.17, 15) is 9.90 Å². The Labute approximate surface area is 133 Å². The first-order chi connectivity index (χ1) is 10.7. The Bertz CT molecular complexity index is 615. The van der Waals surface area contributed by atoms with Gasteiger partial charge in [0.1, 0.15) is 5.00 Å². The summed E-state index contributed by atoms with van der Waals surface area (Å²) in [6.45, 7) is 2.20. The van der Waals surface area contributed by atoms with E-state index in [1.54, 1.807) is 13.2 Å². The largest absolute Gasteiger partial charge is 0.396 e. The molecule has 2 aromatic rings. The number of aliphatic hydroxyl groups is 1. The first-order valence-corrected chi connectivity index (χ1v) is 7.86. The SMILES string of the molecule is CNc1snc(C)c1C(=O)NCC(CO)Cc1ccccn1. The van der Waals surface area contributed by atoms with Crippen molar-refractivity contribution in [1.82, 2.24) is 14.7 Å². The van der Waals surface area contributed by atoms with Crippen molar-refractivity contribution in [2.75, 3.05) is 25.5 Å². The van der Waals surface area contributed by atoms with Crippen molar-refractivity contribution in [3.8, 4) is 0 Å². The molecule has 0 aromatic carbocycles. The van der Waals surface area contributed by atoms with Gasteiger partial charge in [0, 0.05) is 38.0 Å². The molecule has 0 aliphatic heterocycles. The van der Waals surface area contributed by atoms with Crippen LogP contribution in [0.5, 0.6) is 0 Å². The van der Waals surface area contributed by atoms with Crippen LogP contribution in [0, 0.1) is 12.8 Å². The molecule has 0 spiro atoms. The van der Waals surface area contributed by atoms with E-state index in [0.29, 0.717) is 24.2 Å². The van der Waals surface area contributed by atoms with E-state index in [1.807, 2.05) is 25.1 Å². The highest BCUT2D eigenvalue weighted by molar-refractivity contribution is 7.10. The summed E-state index contributed by atoms with van der Waals surface area (Å²) in [5, 5.41) is 16.1. The molecule has 1 unspecified atom stereocenters. The van der Waals surface area contributed by atoms with E-state index in [2.05, 4.69) is 20.0 Å². The number of nitrogens with one attached hydrogen (secondary N) is 2. The van der Waals surface area contributed by atoms with Crippen LogP contribution in [-0.2, 0) is 6.42 Å². The Balaban J connectivity index is 1.95. The predicted octanol–water partition coefficient (Wildman–Crippen LogP) is 1.47. The third-order valence-corrected chi connectivity index (χ3v) is 4.31. The number of rotatable bonds is 7. The highest BCUT2D eigenvalue weighted by atomic mass is 32.1. The molecule has 118 valence electrons. The van der Waals surface area contributed by atoms with Gasteiger partial charge in [0.2, 0.25) is 0 Å². The second-order valence-corrected chi connectivity index (χ2v) is 5.78. The molecular weight excluding hydrogens is 300 g/mol. The van der Waals surface area contributed by atoms with Gasteiger partial charge in [-0.15, -0.1) is 0 Å². The quantitative estimate of drug-likeness (QED) is 0.719. The Kier molecular flexibility index (Phi) is 5.85. The minimum Gasteiger partial charge on any atom is -0.396 e. The monoisotopic (exact) mass is 320 g/mol. The number of aromatic nitrogens is 2. The molecular formula is C15H20N4O2S. The number of aliphatic hydroxyl groups excluding tert-OH is 1. The van der Waals surface area contributed by atoms with E-state index < -0.39 is 0 Å². The molecule has 0 saturated carbocycles. The third-order valence-electron chi connectivity index (χ3n) is 3.35. The summed E-state index contributed by atoms with van der Waals surface area (Å²) < 4.78 is 4.18. The molecule has 3 N–H and O–H groups in total. The van der Waals surface area contributed by atoms with Gasteiger partial charge in [-0.25, -0.2) is 0 Å². The van der Waals surface area contributed by atoms with Gasteiger partial charge in [0.25, 0.3) is 5.91 Å². The van der Waals surface area contributed by atoms with Crippen LogP contribution in [0.4, 0.5) is 5.00 Å². The predicted molar refractivity (Wildman–Crippen MR) is 87.2 cm³/mol. The van der Waals surface area contributed by atoms with Crippen LogP contribution >= 0.6 is 11.5 Å². The maximum Gasteiger partial charge on any atom is 0.256 e. The number of carbonyl (C=O) groups is 1. The number of aryl methyl sites for hydroxylation is 1. The molecule has 2 aromatic heterocycles. The molecule has 2 heterocycles. The fraction of sp³-hybridized carbons (Fsp3) is 0.400. The van der Waals surface area contributed by atoms with Gasteiger partial charge in [-0.2, -0.15) is 4.37 Å². The Hall–Kier alpha value is -1.99. The number of hydrogen-bond acceptors (Lipinski definition) is 6. The fourth-order valence-electron chi connectivity index (χ4n) is 2.15.